The van der Waals surface area contributed by atoms with E-state index < -0.39 is 0 Å². The largest absolute Gasteiger partial charge is 0.508 e. The van der Waals surface area contributed by atoms with Crippen LogP contribution in [0.3, 0.4) is 0 Å². The minimum absolute atomic E-state index is 0.107. The molecule has 1 aromatic rings. The maximum Gasteiger partial charge on any atom is 0.170 e. The Kier molecular flexibility index (Phi) is 6.10. The number of carbonyl (C=O) groups is 1. The van der Waals surface area contributed by atoms with Gasteiger partial charge in [-0.3, -0.25) is 4.79 Å². The number of ketones is 1. The van der Waals surface area contributed by atoms with Crippen LogP contribution in [0.1, 0.15) is 49.9 Å². The van der Waals surface area contributed by atoms with Crippen LogP contribution in [0.25, 0.3) is 0 Å². The fraction of sp³-hybridized carbons (Fsp3) is 0.438. The molecule has 0 amide bonds. The molecule has 0 aliphatic heterocycles. The summed E-state index contributed by atoms with van der Waals surface area (Å²) in [4.78, 5) is 12.0. The molecule has 110 valence electrons. The number of hydrogen-bond acceptors (Lipinski definition) is 4. The average Bonchev–Trinajstić information content (AvgIpc) is 2.35. The van der Waals surface area contributed by atoms with E-state index in [4.69, 9.17) is 0 Å². The van der Waals surface area contributed by atoms with Gasteiger partial charge in [0, 0.05) is 18.6 Å². The Hall–Kier alpha value is -1.97. The molecule has 20 heavy (non-hydrogen) atoms. The number of phenols is 3. The summed E-state index contributed by atoms with van der Waals surface area (Å²) in [6, 6.07) is 2.11. The zero-order chi connectivity index (χ0) is 15.1. The molecule has 1 aromatic carbocycles. The third-order valence-electron chi connectivity index (χ3n) is 3.24. The summed E-state index contributed by atoms with van der Waals surface area (Å²) in [7, 11) is 0. The molecule has 0 aliphatic rings. The van der Waals surface area contributed by atoms with Crippen molar-refractivity contribution in [3.8, 4) is 17.2 Å². The molecular formula is C16H22O4. The van der Waals surface area contributed by atoms with Gasteiger partial charge in [-0.2, -0.15) is 0 Å². The SMILES string of the molecule is CC=CCC(C)CCCC(=O)c1c(O)cc(O)cc1O. The lowest BCUT2D eigenvalue weighted by atomic mass is 9.97. The van der Waals surface area contributed by atoms with Crippen LogP contribution in [0, 0.1) is 5.92 Å². The Morgan fingerprint density at radius 1 is 1.25 bits per heavy atom. The van der Waals surface area contributed by atoms with Crippen molar-refractivity contribution in [3.63, 3.8) is 0 Å². The van der Waals surface area contributed by atoms with Crippen molar-refractivity contribution in [1.29, 1.82) is 0 Å². The summed E-state index contributed by atoms with van der Waals surface area (Å²) in [5, 5.41) is 28.4. The van der Waals surface area contributed by atoms with Crippen LogP contribution >= 0.6 is 0 Å². The summed E-state index contributed by atoms with van der Waals surface area (Å²) in [5.41, 5.74) is -0.107. The second-order valence-electron chi connectivity index (χ2n) is 5.08. The van der Waals surface area contributed by atoms with Gasteiger partial charge in [0.2, 0.25) is 0 Å². The van der Waals surface area contributed by atoms with Crippen molar-refractivity contribution in [1.82, 2.24) is 0 Å². The van der Waals surface area contributed by atoms with Gasteiger partial charge in [0.15, 0.2) is 5.78 Å². The first-order valence-electron chi connectivity index (χ1n) is 6.85. The number of allylic oxidation sites excluding steroid dienone is 2. The quantitative estimate of drug-likeness (QED) is 0.524. The molecule has 0 saturated heterocycles. The van der Waals surface area contributed by atoms with E-state index in [1.807, 2.05) is 13.0 Å². The van der Waals surface area contributed by atoms with Crippen molar-refractivity contribution in [2.24, 2.45) is 5.92 Å². The third-order valence-corrected chi connectivity index (χ3v) is 3.24. The topological polar surface area (TPSA) is 77.8 Å². The van der Waals surface area contributed by atoms with Gasteiger partial charge in [0.1, 0.15) is 22.8 Å². The molecule has 1 unspecified atom stereocenters. The van der Waals surface area contributed by atoms with E-state index in [1.165, 1.54) is 0 Å². The van der Waals surface area contributed by atoms with Crippen LogP contribution in [0.4, 0.5) is 0 Å². The summed E-state index contributed by atoms with van der Waals surface area (Å²) < 4.78 is 0. The summed E-state index contributed by atoms with van der Waals surface area (Å²) >= 11 is 0. The van der Waals surface area contributed by atoms with Crippen molar-refractivity contribution < 1.29 is 20.1 Å². The molecule has 0 fully saturated rings. The van der Waals surface area contributed by atoms with E-state index in [1.54, 1.807) is 0 Å². The number of hydrogen-bond donors (Lipinski definition) is 3. The van der Waals surface area contributed by atoms with Gasteiger partial charge in [-0.15, -0.1) is 0 Å². The minimum atomic E-state index is -0.380. The Labute approximate surface area is 119 Å². The molecule has 1 atom stereocenters. The number of carbonyl (C=O) groups excluding carboxylic acids is 1. The predicted molar refractivity (Wildman–Crippen MR) is 78.2 cm³/mol. The monoisotopic (exact) mass is 278 g/mol. The van der Waals surface area contributed by atoms with E-state index in [9.17, 15) is 20.1 Å². The van der Waals surface area contributed by atoms with Crippen LogP contribution in [-0.4, -0.2) is 21.1 Å². The lowest BCUT2D eigenvalue weighted by Crippen LogP contribution is -2.02. The number of rotatable bonds is 7. The number of aromatic hydroxyl groups is 3. The number of Topliss-reactive ketones (excluding diaryl/α,β-unsaturated/α-hetero) is 1. The average molecular weight is 278 g/mol. The summed E-state index contributed by atoms with van der Waals surface area (Å²) in [6.07, 6.45) is 6.98. The lowest BCUT2D eigenvalue weighted by molar-refractivity contribution is 0.0972. The first kappa shape index (κ1) is 16.1. The van der Waals surface area contributed by atoms with E-state index >= 15 is 0 Å². The molecular weight excluding hydrogens is 256 g/mol. The minimum Gasteiger partial charge on any atom is -0.508 e. The predicted octanol–water partition coefficient (Wildman–Crippen LogP) is 3.76. The number of benzene rings is 1. The molecule has 0 aliphatic carbocycles. The van der Waals surface area contributed by atoms with Crippen LogP contribution in [-0.2, 0) is 0 Å². The molecule has 0 radical (unpaired) electrons. The Bertz CT molecular complexity index is 468. The fourth-order valence-corrected chi connectivity index (χ4v) is 2.11. The smallest absolute Gasteiger partial charge is 0.170 e. The second kappa shape index (κ2) is 7.58. The van der Waals surface area contributed by atoms with Gasteiger partial charge in [0.05, 0.1) is 0 Å². The van der Waals surface area contributed by atoms with Gasteiger partial charge < -0.3 is 15.3 Å². The lowest BCUT2D eigenvalue weighted by Gasteiger charge is -2.09. The van der Waals surface area contributed by atoms with Crippen molar-refractivity contribution in [2.75, 3.05) is 0 Å². The van der Waals surface area contributed by atoms with E-state index in [0.717, 1.165) is 25.0 Å². The molecule has 0 aromatic heterocycles. The molecule has 0 spiro atoms. The molecule has 4 heteroatoms. The maximum absolute atomic E-state index is 12.0. The first-order valence-corrected chi connectivity index (χ1v) is 6.85. The van der Waals surface area contributed by atoms with Gasteiger partial charge in [-0.1, -0.05) is 19.1 Å². The van der Waals surface area contributed by atoms with Gasteiger partial charge in [0.25, 0.3) is 0 Å². The van der Waals surface area contributed by atoms with Crippen molar-refractivity contribution in [3.05, 3.63) is 29.8 Å². The van der Waals surface area contributed by atoms with Crippen LogP contribution in [0.2, 0.25) is 0 Å². The summed E-state index contributed by atoms with van der Waals surface area (Å²) in [6.45, 7) is 4.10. The molecule has 0 heterocycles. The van der Waals surface area contributed by atoms with Crippen molar-refractivity contribution >= 4 is 5.78 Å². The first-order chi connectivity index (χ1) is 9.45. The second-order valence-corrected chi connectivity index (χ2v) is 5.08. The van der Waals surface area contributed by atoms with E-state index in [0.29, 0.717) is 12.3 Å². The molecule has 0 saturated carbocycles. The number of phenolic OH excluding ortho intramolecular Hbond substituents is 3. The Morgan fingerprint density at radius 3 is 2.40 bits per heavy atom. The highest BCUT2D eigenvalue weighted by atomic mass is 16.3. The highest BCUT2D eigenvalue weighted by Crippen LogP contribution is 2.33. The van der Waals surface area contributed by atoms with Gasteiger partial charge in [-0.05, 0) is 32.1 Å². The molecule has 0 bridgehead atoms. The Balaban J connectivity index is 2.56. The highest BCUT2D eigenvalue weighted by Gasteiger charge is 2.17. The molecule has 4 nitrogen and oxygen atoms in total. The van der Waals surface area contributed by atoms with Gasteiger partial charge in [-0.25, -0.2) is 0 Å². The van der Waals surface area contributed by atoms with Crippen LogP contribution in [0.5, 0.6) is 17.2 Å². The third kappa shape index (κ3) is 4.61. The Morgan fingerprint density at radius 2 is 1.85 bits per heavy atom. The molecule has 3 N–H and O–H groups in total. The molecule has 1 rings (SSSR count). The summed E-state index contributed by atoms with van der Waals surface area (Å²) in [5.74, 6) is -0.834. The highest BCUT2D eigenvalue weighted by molar-refractivity contribution is 6.01. The zero-order valence-electron chi connectivity index (χ0n) is 12.0. The maximum atomic E-state index is 12.0. The zero-order valence-corrected chi connectivity index (χ0v) is 12.0. The normalized spacial score (nSPS) is 12.7. The standard InChI is InChI=1S/C16H22O4/c1-3-4-6-11(2)7-5-8-13(18)16-14(19)9-12(17)10-15(16)20/h3-4,9-11,17,19-20H,5-8H2,1-2H3. The van der Waals surface area contributed by atoms with Crippen molar-refractivity contribution in [2.45, 2.75) is 39.5 Å². The fourth-order valence-electron chi connectivity index (χ4n) is 2.11. The van der Waals surface area contributed by atoms with E-state index in [2.05, 4.69) is 13.0 Å². The van der Waals surface area contributed by atoms with Crippen LogP contribution in [0.15, 0.2) is 24.3 Å². The van der Waals surface area contributed by atoms with Gasteiger partial charge >= 0.3 is 0 Å². The van der Waals surface area contributed by atoms with Crippen LogP contribution < -0.4 is 0 Å². The van der Waals surface area contributed by atoms with E-state index in [-0.39, 0.29) is 35.0 Å².